The highest BCUT2D eigenvalue weighted by atomic mass is 32.1. The number of aromatic nitrogens is 1. The number of hydrogen-bond donors (Lipinski definition) is 1. The Kier molecular flexibility index (Phi) is 7.89. The van der Waals surface area contributed by atoms with E-state index in [4.69, 9.17) is 0 Å². The van der Waals surface area contributed by atoms with Crippen LogP contribution in [0.25, 0.3) is 10.4 Å². The third kappa shape index (κ3) is 6.40. The number of carbonyl (C=O) groups is 1. The molecular formula is C19H25FN2OS. The fraction of sp³-hybridized carbons (Fsp3) is 0.474. The Labute approximate surface area is 147 Å². The van der Waals surface area contributed by atoms with Gasteiger partial charge in [0, 0.05) is 12.6 Å². The maximum atomic E-state index is 12.9. The molecule has 1 aromatic carbocycles. The molecule has 0 bridgehead atoms. The van der Waals surface area contributed by atoms with Crippen LogP contribution in [0.5, 0.6) is 0 Å². The van der Waals surface area contributed by atoms with Gasteiger partial charge in [0.25, 0.3) is 0 Å². The topological polar surface area (TPSA) is 42.0 Å². The second-order valence-corrected chi connectivity index (χ2v) is 6.99. The Morgan fingerprint density at radius 2 is 1.75 bits per heavy atom. The van der Waals surface area contributed by atoms with E-state index < -0.39 is 0 Å². The summed E-state index contributed by atoms with van der Waals surface area (Å²) >= 11 is 1.41. The Bertz CT molecular complexity index is 625. The van der Waals surface area contributed by atoms with Crippen LogP contribution >= 0.6 is 11.3 Å². The van der Waals surface area contributed by atoms with Gasteiger partial charge in [-0.2, -0.15) is 0 Å². The third-order valence-electron chi connectivity index (χ3n) is 3.89. The van der Waals surface area contributed by atoms with Gasteiger partial charge in [-0.25, -0.2) is 9.37 Å². The Morgan fingerprint density at radius 3 is 2.46 bits per heavy atom. The van der Waals surface area contributed by atoms with Crippen LogP contribution in [0.2, 0.25) is 0 Å². The largest absolute Gasteiger partial charge is 0.302 e. The standard InChI is InChI=1S/C19H25FN2OS/c1-2-3-4-5-6-7-8-9-18(23)22-19-21-14-17(24-19)15-10-12-16(20)13-11-15/h10-14H,2-9H2,1H3,(H,21,22,23). The predicted molar refractivity (Wildman–Crippen MR) is 98.7 cm³/mol. The lowest BCUT2D eigenvalue weighted by atomic mass is 10.1. The van der Waals surface area contributed by atoms with Gasteiger partial charge in [-0.1, -0.05) is 68.9 Å². The van der Waals surface area contributed by atoms with Crippen LogP contribution in [0.1, 0.15) is 58.3 Å². The molecule has 0 saturated carbocycles. The number of anilines is 1. The maximum absolute atomic E-state index is 12.9. The highest BCUT2D eigenvalue weighted by Gasteiger charge is 2.08. The lowest BCUT2D eigenvalue weighted by Gasteiger charge is -2.02. The van der Waals surface area contributed by atoms with Crippen LogP contribution in [-0.4, -0.2) is 10.9 Å². The highest BCUT2D eigenvalue weighted by molar-refractivity contribution is 7.19. The summed E-state index contributed by atoms with van der Waals surface area (Å²) in [4.78, 5) is 17.1. The number of halogens is 1. The molecule has 0 aliphatic rings. The molecule has 1 amide bonds. The summed E-state index contributed by atoms with van der Waals surface area (Å²) in [5.74, 6) is -0.241. The molecule has 130 valence electrons. The fourth-order valence-corrected chi connectivity index (χ4v) is 3.34. The number of nitrogens with one attached hydrogen (secondary N) is 1. The van der Waals surface area contributed by atoms with E-state index in [1.165, 1.54) is 55.6 Å². The van der Waals surface area contributed by atoms with Crippen molar-refractivity contribution < 1.29 is 9.18 Å². The van der Waals surface area contributed by atoms with Crippen molar-refractivity contribution >= 4 is 22.4 Å². The van der Waals surface area contributed by atoms with Gasteiger partial charge in [0.15, 0.2) is 5.13 Å². The average Bonchev–Trinajstić information content (AvgIpc) is 3.03. The number of nitrogens with zero attached hydrogens (tertiary/aromatic N) is 1. The molecule has 0 spiro atoms. The quantitative estimate of drug-likeness (QED) is 0.533. The first kappa shape index (κ1) is 18.6. The van der Waals surface area contributed by atoms with Crippen LogP contribution in [0, 0.1) is 5.82 Å². The zero-order valence-corrected chi connectivity index (χ0v) is 15.0. The zero-order chi connectivity index (χ0) is 17.2. The van der Waals surface area contributed by atoms with E-state index in [0.717, 1.165) is 23.3 Å². The van der Waals surface area contributed by atoms with E-state index in [-0.39, 0.29) is 11.7 Å². The molecule has 2 aromatic rings. The van der Waals surface area contributed by atoms with Crippen molar-refractivity contribution in [3.8, 4) is 10.4 Å². The molecule has 2 rings (SSSR count). The molecule has 0 atom stereocenters. The van der Waals surface area contributed by atoms with Gasteiger partial charge in [-0.05, 0) is 24.1 Å². The summed E-state index contributed by atoms with van der Waals surface area (Å²) < 4.78 is 12.9. The van der Waals surface area contributed by atoms with Crippen LogP contribution in [-0.2, 0) is 4.79 Å². The summed E-state index contributed by atoms with van der Waals surface area (Å²) in [5.41, 5.74) is 0.904. The van der Waals surface area contributed by atoms with E-state index >= 15 is 0 Å². The number of thiazole rings is 1. The minimum absolute atomic E-state index is 0.0172. The second kappa shape index (κ2) is 10.2. The number of hydrogen-bond acceptors (Lipinski definition) is 3. The van der Waals surface area contributed by atoms with Crippen molar-refractivity contribution in [1.29, 1.82) is 0 Å². The molecule has 1 heterocycles. The first-order chi connectivity index (χ1) is 11.7. The zero-order valence-electron chi connectivity index (χ0n) is 14.2. The van der Waals surface area contributed by atoms with Crippen molar-refractivity contribution in [3.05, 3.63) is 36.3 Å². The van der Waals surface area contributed by atoms with Crippen molar-refractivity contribution in [1.82, 2.24) is 4.98 Å². The number of amides is 1. The summed E-state index contributed by atoms with van der Waals surface area (Å²) in [5, 5.41) is 3.45. The molecule has 0 fully saturated rings. The molecule has 1 aromatic heterocycles. The SMILES string of the molecule is CCCCCCCCCC(=O)Nc1ncc(-c2ccc(F)cc2)s1. The van der Waals surface area contributed by atoms with E-state index in [1.807, 2.05) is 0 Å². The van der Waals surface area contributed by atoms with Crippen LogP contribution < -0.4 is 5.32 Å². The molecule has 0 unspecified atom stereocenters. The van der Waals surface area contributed by atoms with Gasteiger partial charge in [-0.15, -0.1) is 0 Å². The Hall–Kier alpha value is -1.75. The van der Waals surface area contributed by atoms with Gasteiger partial charge in [0.2, 0.25) is 5.91 Å². The van der Waals surface area contributed by atoms with Gasteiger partial charge in [0.05, 0.1) is 4.88 Å². The molecule has 0 saturated heterocycles. The van der Waals surface area contributed by atoms with Crippen LogP contribution in [0.4, 0.5) is 9.52 Å². The van der Waals surface area contributed by atoms with Crippen molar-refractivity contribution in [3.63, 3.8) is 0 Å². The smallest absolute Gasteiger partial charge is 0.226 e. The first-order valence-corrected chi connectivity index (χ1v) is 9.52. The summed E-state index contributed by atoms with van der Waals surface area (Å²) in [7, 11) is 0. The van der Waals surface area contributed by atoms with E-state index in [2.05, 4.69) is 17.2 Å². The summed E-state index contributed by atoms with van der Waals surface area (Å²) in [6, 6.07) is 6.28. The van der Waals surface area contributed by atoms with Gasteiger partial charge >= 0.3 is 0 Å². The molecule has 0 radical (unpaired) electrons. The van der Waals surface area contributed by atoms with E-state index in [9.17, 15) is 9.18 Å². The first-order valence-electron chi connectivity index (χ1n) is 8.70. The second-order valence-electron chi connectivity index (χ2n) is 5.96. The van der Waals surface area contributed by atoms with Crippen molar-refractivity contribution in [2.45, 2.75) is 58.3 Å². The van der Waals surface area contributed by atoms with Gasteiger partial charge in [0.1, 0.15) is 5.82 Å². The van der Waals surface area contributed by atoms with Crippen LogP contribution in [0.3, 0.4) is 0 Å². The third-order valence-corrected chi connectivity index (χ3v) is 4.85. The normalized spacial score (nSPS) is 10.8. The fourth-order valence-electron chi connectivity index (χ4n) is 2.50. The summed E-state index contributed by atoms with van der Waals surface area (Å²) in [6.45, 7) is 2.21. The highest BCUT2D eigenvalue weighted by Crippen LogP contribution is 2.29. The number of benzene rings is 1. The molecular weight excluding hydrogens is 323 g/mol. The minimum atomic E-state index is -0.258. The summed E-state index contributed by atoms with van der Waals surface area (Å²) in [6.07, 6.45) is 10.6. The van der Waals surface area contributed by atoms with Gasteiger partial charge < -0.3 is 5.32 Å². The monoisotopic (exact) mass is 348 g/mol. The minimum Gasteiger partial charge on any atom is -0.302 e. The van der Waals surface area contributed by atoms with E-state index in [0.29, 0.717) is 11.6 Å². The molecule has 3 nitrogen and oxygen atoms in total. The molecule has 1 N–H and O–H groups in total. The van der Waals surface area contributed by atoms with Crippen molar-refractivity contribution in [2.24, 2.45) is 0 Å². The predicted octanol–water partition coefficient (Wildman–Crippen LogP) is 6.03. The van der Waals surface area contributed by atoms with Gasteiger partial charge in [-0.3, -0.25) is 4.79 Å². The maximum Gasteiger partial charge on any atom is 0.226 e. The molecule has 24 heavy (non-hydrogen) atoms. The number of carbonyl (C=O) groups excluding carboxylic acids is 1. The number of rotatable bonds is 10. The Balaban J connectivity index is 1.70. The molecule has 5 heteroatoms. The Morgan fingerprint density at radius 1 is 1.08 bits per heavy atom. The van der Waals surface area contributed by atoms with E-state index in [1.54, 1.807) is 18.3 Å². The number of unbranched alkanes of at least 4 members (excludes halogenated alkanes) is 6. The van der Waals surface area contributed by atoms with Crippen LogP contribution in [0.15, 0.2) is 30.5 Å². The lowest BCUT2D eigenvalue weighted by molar-refractivity contribution is -0.116. The van der Waals surface area contributed by atoms with Crippen molar-refractivity contribution in [2.75, 3.05) is 5.32 Å². The lowest BCUT2D eigenvalue weighted by Crippen LogP contribution is -2.10. The molecule has 0 aliphatic carbocycles. The molecule has 0 aliphatic heterocycles. The average molecular weight is 348 g/mol.